The van der Waals surface area contributed by atoms with E-state index in [1.54, 1.807) is 13.8 Å². The highest BCUT2D eigenvalue weighted by atomic mass is 16.5. The van der Waals surface area contributed by atoms with Gasteiger partial charge in [-0.25, -0.2) is 4.79 Å². The predicted octanol–water partition coefficient (Wildman–Crippen LogP) is 5.01. The molecule has 0 unspecified atom stereocenters. The van der Waals surface area contributed by atoms with Gasteiger partial charge in [-0.15, -0.1) is 0 Å². The lowest BCUT2D eigenvalue weighted by Gasteiger charge is -2.25. The Bertz CT molecular complexity index is 1180. The van der Waals surface area contributed by atoms with Crippen LogP contribution < -0.4 is 10.6 Å². The van der Waals surface area contributed by atoms with Gasteiger partial charge in [-0.1, -0.05) is 48.5 Å². The molecule has 0 spiro atoms. The molecule has 0 atom stereocenters. The van der Waals surface area contributed by atoms with Gasteiger partial charge in [-0.05, 0) is 42.5 Å². The maximum Gasteiger partial charge on any atom is 0.411 e. The SMILES string of the molecule is CC(C)(CCC(=O)O)NC(=O)c1occc1NC(=O)OCC1c2ccccc2-c2ccccc21. The number of carboxylic acid groups (broad SMARTS) is 1. The molecular weight excluding hydrogens is 436 g/mol. The van der Waals surface area contributed by atoms with Crippen LogP contribution in [0.5, 0.6) is 0 Å². The molecule has 1 heterocycles. The lowest BCUT2D eigenvalue weighted by Crippen LogP contribution is -2.43. The smallest absolute Gasteiger partial charge is 0.411 e. The van der Waals surface area contributed by atoms with Crippen molar-refractivity contribution >= 4 is 23.7 Å². The summed E-state index contributed by atoms with van der Waals surface area (Å²) >= 11 is 0. The number of ether oxygens (including phenoxy) is 1. The second-order valence-electron chi connectivity index (χ2n) is 8.85. The number of hydrogen-bond donors (Lipinski definition) is 3. The number of anilines is 1. The Balaban J connectivity index is 1.39. The largest absolute Gasteiger partial charge is 0.481 e. The third-order valence-electron chi connectivity index (χ3n) is 5.87. The summed E-state index contributed by atoms with van der Waals surface area (Å²) in [6, 6.07) is 17.5. The average molecular weight is 463 g/mol. The highest BCUT2D eigenvalue weighted by molar-refractivity contribution is 6.00. The minimum Gasteiger partial charge on any atom is -0.481 e. The van der Waals surface area contributed by atoms with Gasteiger partial charge >= 0.3 is 12.1 Å². The number of carbonyl (C=O) groups excluding carboxylic acids is 2. The molecule has 176 valence electrons. The normalized spacial score (nSPS) is 12.5. The Morgan fingerprint density at radius 2 is 1.62 bits per heavy atom. The van der Waals surface area contributed by atoms with E-state index in [-0.39, 0.29) is 36.8 Å². The van der Waals surface area contributed by atoms with Gasteiger partial charge < -0.3 is 19.6 Å². The number of amides is 2. The number of hydrogen-bond acceptors (Lipinski definition) is 5. The van der Waals surface area contributed by atoms with Crippen LogP contribution in [0.15, 0.2) is 65.3 Å². The van der Waals surface area contributed by atoms with Gasteiger partial charge in [0.15, 0.2) is 0 Å². The van der Waals surface area contributed by atoms with E-state index < -0.39 is 23.5 Å². The Morgan fingerprint density at radius 3 is 2.24 bits per heavy atom. The summed E-state index contributed by atoms with van der Waals surface area (Å²) in [6.45, 7) is 3.58. The lowest BCUT2D eigenvalue weighted by molar-refractivity contribution is -0.137. The molecule has 0 saturated heterocycles. The summed E-state index contributed by atoms with van der Waals surface area (Å²) in [7, 11) is 0. The third-order valence-corrected chi connectivity index (χ3v) is 5.87. The van der Waals surface area contributed by atoms with Crippen LogP contribution in [0, 0.1) is 0 Å². The molecule has 8 nitrogen and oxygen atoms in total. The highest BCUT2D eigenvalue weighted by Gasteiger charge is 2.30. The summed E-state index contributed by atoms with van der Waals surface area (Å²) in [5.74, 6) is -1.68. The Kier molecular flexibility index (Phi) is 6.40. The van der Waals surface area contributed by atoms with E-state index in [0.717, 1.165) is 22.3 Å². The van der Waals surface area contributed by atoms with Crippen LogP contribution in [0.3, 0.4) is 0 Å². The summed E-state index contributed by atoms with van der Waals surface area (Å²) in [5, 5.41) is 14.2. The van der Waals surface area contributed by atoms with Crippen LogP contribution in [-0.4, -0.2) is 35.2 Å². The molecule has 34 heavy (non-hydrogen) atoms. The van der Waals surface area contributed by atoms with E-state index in [4.69, 9.17) is 14.3 Å². The van der Waals surface area contributed by atoms with Gasteiger partial charge in [-0.2, -0.15) is 0 Å². The van der Waals surface area contributed by atoms with Crippen LogP contribution in [0.1, 0.15) is 54.3 Å². The molecule has 0 aliphatic heterocycles. The molecule has 0 radical (unpaired) electrons. The van der Waals surface area contributed by atoms with Crippen molar-refractivity contribution in [2.45, 2.75) is 38.1 Å². The minimum absolute atomic E-state index is 0.0831. The van der Waals surface area contributed by atoms with Gasteiger partial charge in [-0.3, -0.25) is 14.9 Å². The lowest BCUT2D eigenvalue weighted by atomic mass is 9.98. The van der Waals surface area contributed by atoms with E-state index in [0.29, 0.717) is 0 Å². The monoisotopic (exact) mass is 462 g/mol. The van der Waals surface area contributed by atoms with Crippen molar-refractivity contribution in [3.8, 4) is 11.1 Å². The van der Waals surface area contributed by atoms with Crippen LogP contribution in [-0.2, 0) is 9.53 Å². The van der Waals surface area contributed by atoms with Crippen LogP contribution >= 0.6 is 0 Å². The van der Waals surface area contributed by atoms with E-state index in [1.165, 1.54) is 12.3 Å². The number of carbonyl (C=O) groups is 3. The fourth-order valence-electron chi connectivity index (χ4n) is 4.17. The molecule has 0 fully saturated rings. The number of fused-ring (bicyclic) bond motifs is 3. The van der Waals surface area contributed by atoms with Crippen molar-refractivity contribution in [3.63, 3.8) is 0 Å². The molecular formula is C26H26N2O6. The van der Waals surface area contributed by atoms with E-state index >= 15 is 0 Å². The number of furan rings is 1. The summed E-state index contributed by atoms with van der Waals surface area (Å²) < 4.78 is 10.8. The summed E-state index contributed by atoms with van der Waals surface area (Å²) in [5.41, 5.74) is 3.86. The summed E-state index contributed by atoms with van der Waals surface area (Å²) in [4.78, 5) is 36.1. The fourth-order valence-corrected chi connectivity index (χ4v) is 4.17. The predicted molar refractivity (Wildman–Crippen MR) is 126 cm³/mol. The van der Waals surface area contributed by atoms with Crippen molar-refractivity contribution in [2.24, 2.45) is 0 Å². The van der Waals surface area contributed by atoms with Crippen LogP contribution in [0.25, 0.3) is 11.1 Å². The molecule has 3 aromatic rings. The van der Waals surface area contributed by atoms with Gasteiger partial charge in [0.2, 0.25) is 5.76 Å². The van der Waals surface area contributed by atoms with Crippen molar-refractivity contribution in [1.29, 1.82) is 0 Å². The van der Waals surface area contributed by atoms with Crippen molar-refractivity contribution in [2.75, 3.05) is 11.9 Å². The maximum atomic E-state index is 12.7. The Labute approximate surface area is 196 Å². The molecule has 3 N–H and O–H groups in total. The first-order valence-corrected chi connectivity index (χ1v) is 11.0. The number of aliphatic carboxylic acids is 1. The molecule has 1 aromatic heterocycles. The second kappa shape index (κ2) is 9.43. The molecule has 8 heteroatoms. The number of nitrogens with one attached hydrogen (secondary N) is 2. The molecule has 1 aliphatic rings. The first-order chi connectivity index (χ1) is 16.2. The fraction of sp³-hybridized carbons (Fsp3) is 0.269. The number of carboxylic acids is 1. The van der Waals surface area contributed by atoms with E-state index in [9.17, 15) is 14.4 Å². The van der Waals surface area contributed by atoms with E-state index in [2.05, 4.69) is 22.8 Å². The maximum absolute atomic E-state index is 12.7. The molecule has 0 bridgehead atoms. The van der Waals surface area contributed by atoms with Crippen LogP contribution in [0.4, 0.5) is 10.5 Å². The van der Waals surface area contributed by atoms with Gasteiger partial charge in [0.05, 0.1) is 12.0 Å². The average Bonchev–Trinajstić information content (AvgIpc) is 3.39. The number of benzene rings is 2. The number of rotatable bonds is 8. The van der Waals surface area contributed by atoms with Crippen molar-refractivity contribution < 1.29 is 28.6 Å². The molecule has 2 aromatic carbocycles. The molecule has 4 rings (SSSR count). The van der Waals surface area contributed by atoms with Gasteiger partial charge in [0, 0.05) is 23.9 Å². The molecule has 0 saturated carbocycles. The quantitative estimate of drug-likeness (QED) is 0.433. The summed E-state index contributed by atoms with van der Waals surface area (Å²) in [6.07, 6.45) is 0.737. The Hall–Kier alpha value is -4.07. The van der Waals surface area contributed by atoms with Crippen molar-refractivity contribution in [1.82, 2.24) is 5.32 Å². The Morgan fingerprint density at radius 1 is 1.00 bits per heavy atom. The van der Waals surface area contributed by atoms with E-state index in [1.807, 2.05) is 36.4 Å². The first-order valence-electron chi connectivity index (χ1n) is 11.0. The minimum atomic E-state index is -0.946. The van der Waals surface area contributed by atoms with Crippen LogP contribution in [0.2, 0.25) is 0 Å². The highest BCUT2D eigenvalue weighted by Crippen LogP contribution is 2.44. The zero-order valence-electron chi connectivity index (χ0n) is 19.0. The zero-order valence-corrected chi connectivity index (χ0v) is 19.0. The zero-order chi connectivity index (χ0) is 24.3. The second-order valence-corrected chi connectivity index (χ2v) is 8.85. The van der Waals surface area contributed by atoms with Crippen molar-refractivity contribution in [3.05, 3.63) is 77.7 Å². The first kappa shape index (κ1) is 23.1. The van der Waals surface area contributed by atoms with Gasteiger partial charge in [0.1, 0.15) is 6.61 Å². The third kappa shape index (κ3) is 4.96. The molecule has 1 aliphatic carbocycles. The molecule has 2 amide bonds. The topological polar surface area (TPSA) is 118 Å². The standard InChI is InChI=1S/C26H26N2O6/c1-26(2,13-11-22(29)30)28-24(31)23-21(12-14-33-23)27-25(32)34-15-20-18-9-5-3-7-16(18)17-8-4-6-10-19(17)20/h3-10,12,14,20H,11,13,15H2,1-2H3,(H,27,32)(H,28,31)(H,29,30). The van der Waals surface area contributed by atoms with Gasteiger partial charge in [0.25, 0.3) is 5.91 Å².